The maximum atomic E-state index is 13.4. The van der Waals surface area contributed by atoms with Crippen LogP contribution in [0.1, 0.15) is 27.2 Å². The van der Waals surface area contributed by atoms with E-state index in [2.05, 4.69) is 4.98 Å². The van der Waals surface area contributed by atoms with Gasteiger partial charge < -0.3 is 0 Å². The Morgan fingerprint density at radius 3 is 2.59 bits per heavy atom. The third kappa shape index (κ3) is 2.23. The highest BCUT2D eigenvalue weighted by Crippen LogP contribution is 2.14. The third-order valence-electron chi connectivity index (χ3n) is 2.74. The fourth-order valence-corrected chi connectivity index (χ4v) is 1.57. The van der Waals surface area contributed by atoms with Crippen molar-refractivity contribution in [3.8, 4) is 0 Å². The maximum absolute atomic E-state index is 13.4. The maximum Gasteiger partial charge on any atom is 0.214 e. The molecule has 0 unspecified atom stereocenters. The van der Waals surface area contributed by atoms with Crippen LogP contribution in [0.2, 0.25) is 0 Å². The normalized spacial score (nSPS) is 10.3. The lowest BCUT2D eigenvalue weighted by Gasteiger charge is -2.04. The number of ketones is 1. The van der Waals surface area contributed by atoms with Crippen molar-refractivity contribution in [3.05, 3.63) is 64.7 Å². The van der Waals surface area contributed by atoms with Crippen molar-refractivity contribution in [1.82, 2.24) is 4.98 Å². The number of carbonyl (C=O) groups is 1. The average Bonchev–Trinajstić information content (AvgIpc) is 2.32. The highest BCUT2D eigenvalue weighted by molar-refractivity contribution is 6.07. The van der Waals surface area contributed by atoms with Gasteiger partial charge in [0.1, 0.15) is 5.69 Å². The summed E-state index contributed by atoms with van der Waals surface area (Å²) in [5, 5.41) is 0. The van der Waals surface area contributed by atoms with Gasteiger partial charge in [-0.1, -0.05) is 12.1 Å². The number of hydrogen-bond donors (Lipinski definition) is 0. The van der Waals surface area contributed by atoms with Crippen LogP contribution >= 0.6 is 0 Å². The standard InChI is InChI=1S/C14H12FNO/c1-9-5-6-11(8-10(9)2)14(17)13-12(15)4-3-7-16-13/h3-8H,1-2H3. The molecule has 2 aromatic rings. The molecule has 1 aromatic heterocycles. The molecule has 0 amide bonds. The molecule has 86 valence electrons. The van der Waals surface area contributed by atoms with E-state index in [1.165, 1.54) is 18.3 Å². The summed E-state index contributed by atoms with van der Waals surface area (Å²) in [6.07, 6.45) is 1.41. The van der Waals surface area contributed by atoms with Gasteiger partial charge in [0, 0.05) is 11.8 Å². The highest BCUT2D eigenvalue weighted by Gasteiger charge is 2.15. The van der Waals surface area contributed by atoms with E-state index in [9.17, 15) is 9.18 Å². The Morgan fingerprint density at radius 1 is 1.18 bits per heavy atom. The number of benzene rings is 1. The Bertz CT molecular complexity index is 578. The molecule has 2 rings (SSSR count). The van der Waals surface area contributed by atoms with Crippen LogP contribution in [0.3, 0.4) is 0 Å². The summed E-state index contributed by atoms with van der Waals surface area (Å²) in [7, 11) is 0. The van der Waals surface area contributed by atoms with E-state index in [1.54, 1.807) is 12.1 Å². The average molecular weight is 229 g/mol. The lowest BCUT2D eigenvalue weighted by Crippen LogP contribution is -2.07. The van der Waals surface area contributed by atoms with E-state index in [0.29, 0.717) is 5.56 Å². The summed E-state index contributed by atoms with van der Waals surface area (Å²) >= 11 is 0. The fraction of sp³-hybridized carbons (Fsp3) is 0.143. The Morgan fingerprint density at radius 2 is 1.94 bits per heavy atom. The molecule has 3 heteroatoms. The third-order valence-corrected chi connectivity index (χ3v) is 2.74. The first-order chi connectivity index (χ1) is 8.09. The molecular weight excluding hydrogens is 217 g/mol. The first-order valence-corrected chi connectivity index (χ1v) is 5.32. The SMILES string of the molecule is Cc1ccc(C(=O)c2ncccc2F)cc1C. The Balaban J connectivity index is 2.44. The zero-order valence-electron chi connectivity index (χ0n) is 9.70. The minimum Gasteiger partial charge on any atom is -0.287 e. The van der Waals surface area contributed by atoms with Crippen molar-refractivity contribution in [3.63, 3.8) is 0 Å². The van der Waals surface area contributed by atoms with Crippen LogP contribution in [0.15, 0.2) is 36.5 Å². The van der Waals surface area contributed by atoms with E-state index in [-0.39, 0.29) is 11.5 Å². The molecular formula is C14H12FNO. The molecule has 0 aliphatic heterocycles. The summed E-state index contributed by atoms with van der Waals surface area (Å²) in [5.41, 5.74) is 2.44. The van der Waals surface area contributed by atoms with E-state index in [1.807, 2.05) is 19.9 Å². The van der Waals surface area contributed by atoms with Gasteiger partial charge >= 0.3 is 0 Å². The van der Waals surface area contributed by atoms with Gasteiger partial charge in [-0.25, -0.2) is 9.37 Å². The largest absolute Gasteiger partial charge is 0.287 e. The summed E-state index contributed by atoms with van der Waals surface area (Å²) in [6.45, 7) is 3.88. The number of halogens is 1. The van der Waals surface area contributed by atoms with E-state index in [4.69, 9.17) is 0 Å². The second-order valence-corrected chi connectivity index (χ2v) is 3.96. The second kappa shape index (κ2) is 4.45. The second-order valence-electron chi connectivity index (χ2n) is 3.96. The zero-order chi connectivity index (χ0) is 12.4. The molecule has 0 radical (unpaired) electrons. The van der Waals surface area contributed by atoms with Gasteiger partial charge in [-0.2, -0.15) is 0 Å². The summed E-state index contributed by atoms with van der Waals surface area (Å²) in [6, 6.07) is 8.00. The van der Waals surface area contributed by atoms with E-state index in [0.717, 1.165) is 11.1 Å². The van der Waals surface area contributed by atoms with Crippen molar-refractivity contribution in [2.45, 2.75) is 13.8 Å². The predicted octanol–water partition coefficient (Wildman–Crippen LogP) is 3.07. The minimum absolute atomic E-state index is 0.129. The van der Waals surface area contributed by atoms with Gasteiger partial charge in [0.05, 0.1) is 0 Å². The summed E-state index contributed by atoms with van der Waals surface area (Å²) in [4.78, 5) is 15.8. The van der Waals surface area contributed by atoms with Crippen LogP contribution in [0.5, 0.6) is 0 Å². The van der Waals surface area contributed by atoms with Gasteiger partial charge in [-0.15, -0.1) is 0 Å². The van der Waals surface area contributed by atoms with Gasteiger partial charge in [0.15, 0.2) is 5.82 Å². The van der Waals surface area contributed by atoms with Crippen LogP contribution in [0, 0.1) is 19.7 Å². The molecule has 0 aliphatic carbocycles. The lowest BCUT2D eigenvalue weighted by atomic mass is 10.0. The molecule has 1 heterocycles. The lowest BCUT2D eigenvalue weighted by molar-refractivity contribution is 0.103. The number of pyridine rings is 1. The number of carbonyl (C=O) groups excluding carboxylic acids is 1. The molecule has 1 aromatic carbocycles. The molecule has 2 nitrogen and oxygen atoms in total. The van der Waals surface area contributed by atoms with Crippen molar-refractivity contribution in [1.29, 1.82) is 0 Å². The first kappa shape index (κ1) is 11.5. The van der Waals surface area contributed by atoms with Crippen LogP contribution in [-0.2, 0) is 0 Å². The number of aromatic nitrogens is 1. The van der Waals surface area contributed by atoms with Crippen molar-refractivity contribution < 1.29 is 9.18 Å². The summed E-state index contributed by atoms with van der Waals surface area (Å²) < 4.78 is 13.4. The molecule has 0 saturated carbocycles. The molecule has 0 aliphatic rings. The molecule has 0 bridgehead atoms. The van der Waals surface area contributed by atoms with Crippen molar-refractivity contribution in [2.24, 2.45) is 0 Å². The molecule has 0 N–H and O–H groups in total. The van der Waals surface area contributed by atoms with Gasteiger partial charge in [-0.3, -0.25) is 4.79 Å². The quantitative estimate of drug-likeness (QED) is 0.741. The van der Waals surface area contributed by atoms with Crippen molar-refractivity contribution >= 4 is 5.78 Å². The number of nitrogens with zero attached hydrogens (tertiary/aromatic N) is 1. The smallest absolute Gasteiger partial charge is 0.214 e. The topological polar surface area (TPSA) is 30.0 Å². The Labute approximate surface area is 99.1 Å². The van der Waals surface area contributed by atoms with Gasteiger partial charge in [0.2, 0.25) is 5.78 Å². The van der Waals surface area contributed by atoms with Crippen LogP contribution in [0.4, 0.5) is 4.39 Å². The van der Waals surface area contributed by atoms with Crippen LogP contribution in [0.25, 0.3) is 0 Å². The molecule has 17 heavy (non-hydrogen) atoms. The molecule has 0 spiro atoms. The van der Waals surface area contributed by atoms with Crippen LogP contribution < -0.4 is 0 Å². The van der Waals surface area contributed by atoms with E-state index < -0.39 is 5.82 Å². The van der Waals surface area contributed by atoms with Crippen LogP contribution in [-0.4, -0.2) is 10.8 Å². The number of rotatable bonds is 2. The fourth-order valence-electron chi connectivity index (χ4n) is 1.57. The highest BCUT2D eigenvalue weighted by atomic mass is 19.1. The molecule has 0 fully saturated rings. The van der Waals surface area contributed by atoms with Gasteiger partial charge in [-0.05, 0) is 43.2 Å². The number of aryl methyl sites for hydroxylation is 2. The predicted molar refractivity (Wildman–Crippen MR) is 63.5 cm³/mol. The Hall–Kier alpha value is -2.03. The first-order valence-electron chi connectivity index (χ1n) is 5.32. The minimum atomic E-state index is -0.587. The molecule has 0 atom stereocenters. The van der Waals surface area contributed by atoms with E-state index >= 15 is 0 Å². The zero-order valence-corrected chi connectivity index (χ0v) is 9.70. The number of hydrogen-bond acceptors (Lipinski definition) is 2. The molecule has 0 saturated heterocycles. The summed E-state index contributed by atoms with van der Waals surface area (Å²) in [5.74, 6) is -0.970. The van der Waals surface area contributed by atoms with Crippen molar-refractivity contribution in [2.75, 3.05) is 0 Å². The Kier molecular flexibility index (Phi) is 3.00. The van der Waals surface area contributed by atoms with Gasteiger partial charge in [0.25, 0.3) is 0 Å². The monoisotopic (exact) mass is 229 g/mol.